The van der Waals surface area contributed by atoms with Crippen LogP contribution >= 0.6 is 15.9 Å². The van der Waals surface area contributed by atoms with E-state index in [1.165, 1.54) is 50.5 Å². The SMILES string of the molecule is O=c1[nH]c2ccc(C(Br)CC3CCCCCC3)cc2o1. The number of aromatic amines is 1. The average molecular weight is 338 g/mol. The maximum absolute atomic E-state index is 11.2. The van der Waals surface area contributed by atoms with E-state index in [0.29, 0.717) is 10.4 Å². The van der Waals surface area contributed by atoms with Crippen LogP contribution in [0.2, 0.25) is 0 Å². The third kappa shape index (κ3) is 3.17. The largest absolute Gasteiger partial charge is 0.417 e. The zero-order valence-electron chi connectivity index (χ0n) is 11.5. The van der Waals surface area contributed by atoms with Crippen molar-refractivity contribution < 1.29 is 4.42 Å². The van der Waals surface area contributed by atoms with Gasteiger partial charge in [0.15, 0.2) is 5.58 Å². The van der Waals surface area contributed by atoms with Crippen LogP contribution in [0.3, 0.4) is 0 Å². The highest BCUT2D eigenvalue weighted by Crippen LogP contribution is 2.36. The minimum atomic E-state index is -0.382. The zero-order chi connectivity index (χ0) is 13.9. The fourth-order valence-corrected chi connectivity index (χ4v) is 4.00. The Balaban J connectivity index is 1.73. The Hall–Kier alpha value is -1.03. The summed E-state index contributed by atoms with van der Waals surface area (Å²) in [5, 5.41) is 0. The second kappa shape index (κ2) is 6.17. The fourth-order valence-electron chi connectivity index (χ4n) is 3.19. The van der Waals surface area contributed by atoms with Crippen LogP contribution in [0, 0.1) is 5.92 Å². The van der Waals surface area contributed by atoms with Crippen molar-refractivity contribution in [2.75, 3.05) is 0 Å². The molecule has 3 rings (SSSR count). The highest BCUT2D eigenvalue weighted by Gasteiger charge is 2.18. The van der Waals surface area contributed by atoms with E-state index in [2.05, 4.69) is 27.0 Å². The van der Waals surface area contributed by atoms with Crippen molar-refractivity contribution in [1.29, 1.82) is 0 Å². The van der Waals surface area contributed by atoms with Gasteiger partial charge in [-0.2, -0.15) is 0 Å². The van der Waals surface area contributed by atoms with Crippen molar-refractivity contribution in [2.24, 2.45) is 5.92 Å². The fraction of sp³-hybridized carbons (Fsp3) is 0.562. The third-order valence-electron chi connectivity index (χ3n) is 4.32. The molecule has 0 radical (unpaired) electrons. The summed E-state index contributed by atoms with van der Waals surface area (Å²) in [4.78, 5) is 14.2. The molecule has 1 unspecified atom stereocenters. The number of halogens is 1. The molecule has 1 atom stereocenters. The van der Waals surface area contributed by atoms with Gasteiger partial charge in [-0.05, 0) is 30.0 Å². The van der Waals surface area contributed by atoms with E-state index in [0.717, 1.165) is 11.4 Å². The van der Waals surface area contributed by atoms with E-state index >= 15 is 0 Å². The Morgan fingerprint density at radius 1 is 1.25 bits per heavy atom. The number of benzene rings is 1. The van der Waals surface area contributed by atoms with E-state index < -0.39 is 0 Å². The van der Waals surface area contributed by atoms with Gasteiger partial charge in [-0.3, -0.25) is 4.98 Å². The molecule has 1 saturated carbocycles. The molecule has 2 aromatic rings. The minimum absolute atomic E-state index is 0.343. The minimum Gasteiger partial charge on any atom is -0.408 e. The number of oxazole rings is 1. The lowest BCUT2D eigenvalue weighted by Gasteiger charge is -2.18. The topological polar surface area (TPSA) is 46.0 Å². The van der Waals surface area contributed by atoms with Crippen LogP contribution in [0.25, 0.3) is 11.1 Å². The number of hydrogen-bond donors (Lipinski definition) is 1. The van der Waals surface area contributed by atoms with Gasteiger partial charge in [0.05, 0.1) is 5.52 Å². The van der Waals surface area contributed by atoms with E-state index in [9.17, 15) is 4.79 Å². The smallest absolute Gasteiger partial charge is 0.408 e. The molecule has 0 bridgehead atoms. The Kier molecular flexibility index (Phi) is 4.29. The molecule has 0 saturated heterocycles. The molecule has 1 aliphatic carbocycles. The summed E-state index contributed by atoms with van der Waals surface area (Å²) >= 11 is 3.81. The number of nitrogens with one attached hydrogen (secondary N) is 1. The molecule has 20 heavy (non-hydrogen) atoms. The molecule has 1 aliphatic rings. The summed E-state index contributed by atoms with van der Waals surface area (Å²) in [5.41, 5.74) is 2.62. The number of hydrogen-bond acceptors (Lipinski definition) is 2. The quantitative estimate of drug-likeness (QED) is 0.638. The van der Waals surface area contributed by atoms with Crippen molar-refractivity contribution in [2.45, 2.75) is 49.8 Å². The summed E-state index contributed by atoms with van der Waals surface area (Å²) in [5.74, 6) is 0.433. The molecule has 1 aromatic heterocycles. The van der Waals surface area contributed by atoms with E-state index in [1.54, 1.807) is 0 Å². The van der Waals surface area contributed by atoms with Crippen LogP contribution in [0.4, 0.5) is 0 Å². The summed E-state index contributed by atoms with van der Waals surface area (Å²) in [6.07, 6.45) is 9.40. The Labute approximate surface area is 126 Å². The predicted octanol–water partition coefficient (Wildman–Crippen LogP) is 4.92. The van der Waals surface area contributed by atoms with Crippen LogP contribution < -0.4 is 5.76 Å². The maximum atomic E-state index is 11.2. The van der Waals surface area contributed by atoms with Crippen LogP contribution in [0.5, 0.6) is 0 Å². The molecular weight excluding hydrogens is 318 g/mol. The number of aromatic nitrogens is 1. The molecule has 1 aromatic carbocycles. The molecule has 0 aliphatic heterocycles. The lowest BCUT2D eigenvalue weighted by atomic mass is 9.93. The monoisotopic (exact) mass is 337 g/mol. The number of rotatable bonds is 3. The van der Waals surface area contributed by atoms with E-state index in [-0.39, 0.29) is 5.76 Å². The van der Waals surface area contributed by atoms with E-state index in [1.807, 2.05) is 12.1 Å². The van der Waals surface area contributed by atoms with Gasteiger partial charge in [0.2, 0.25) is 0 Å². The average Bonchev–Trinajstić information content (AvgIpc) is 2.62. The maximum Gasteiger partial charge on any atom is 0.417 e. The van der Waals surface area contributed by atoms with Crippen molar-refractivity contribution in [3.8, 4) is 0 Å². The Morgan fingerprint density at radius 2 is 2.00 bits per heavy atom. The highest BCUT2D eigenvalue weighted by molar-refractivity contribution is 9.09. The van der Waals surface area contributed by atoms with Gasteiger partial charge >= 0.3 is 5.76 Å². The van der Waals surface area contributed by atoms with Gasteiger partial charge in [-0.25, -0.2) is 4.79 Å². The highest BCUT2D eigenvalue weighted by atomic mass is 79.9. The van der Waals surface area contributed by atoms with Crippen molar-refractivity contribution in [1.82, 2.24) is 4.98 Å². The molecule has 4 heteroatoms. The summed E-state index contributed by atoms with van der Waals surface area (Å²) in [6, 6.07) is 5.98. The summed E-state index contributed by atoms with van der Waals surface area (Å²) in [6.45, 7) is 0. The molecule has 108 valence electrons. The van der Waals surface area contributed by atoms with Crippen molar-refractivity contribution in [3.63, 3.8) is 0 Å². The molecular formula is C16H20BrNO2. The molecule has 0 amide bonds. The van der Waals surface area contributed by atoms with Crippen LogP contribution in [0.15, 0.2) is 27.4 Å². The third-order valence-corrected chi connectivity index (χ3v) is 5.22. The van der Waals surface area contributed by atoms with Crippen LogP contribution in [-0.2, 0) is 0 Å². The molecule has 1 N–H and O–H groups in total. The van der Waals surface area contributed by atoms with Gasteiger partial charge in [-0.1, -0.05) is 60.5 Å². The predicted molar refractivity (Wildman–Crippen MR) is 84.3 cm³/mol. The molecule has 1 fully saturated rings. The van der Waals surface area contributed by atoms with Gasteiger partial charge in [0.25, 0.3) is 0 Å². The zero-order valence-corrected chi connectivity index (χ0v) is 13.1. The standard InChI is InChI=1S/C16H20BrNO2/c17-13(9-11-5-3-1-2-4-6-11)12-7-8-14-15(10-12)20-16(19)18-14/h7-8,10-11,13H,1-6,9H2,(H,18,19). The van der Waals surface area contributed by atoms with Gasteiger partial charge < -0.3 is 4.42 Å². The molecule has 1 heterocycles. The molecule has 3 nitrogen and oxygen atoms in total. The summed E-state index contributed by atoms with van der Waals surface area (Å²) < 4.78 is 5.14. The van der Waals surface area contributed by atoms with Crippen LogP contribution in [-0.4, -0.2) is 4.98 Å². The molecule has 0 spiro atoms. The van der Waals surface area contributed by atoms with Gasteiger partial charge in [-0.15, -0.1) is 0 Å². The number of alkyl halides is 1. The normalized spacial score (nSPS) is 19.1. The Morgan fingerprint density at radius 3 is 2.75 bits per heavy atom. The first-order chi connectivity index (χ1) is 9.72. The number of fused-ring (bicyclic) bond motifs is 1. The van der Waals surface area contributed by atoms with Crippen LogP contribution in [0.1, 0.15) is 55.3 Å². The van der Waals surface area contributed by atoms with Crippen molar-refractivity contribution in [3.05, 3.63) is 34.3 Å². The second-order valence-electron chi connectivity index (χ2n) is 5.83. The van der Waals surface area contributed by atoms with E-state index in [4.69, 9.17) is 4.42 Å². The summed E-state index contributed by atoms with van der Waals surface area (Å²) in [7, 11) is 0. The lowest BCUT2D eigenvalue weighted by molar-refractivity contribution is 0.427. The van der Waals surface area contributed by atoms with Gasteiger partial charge in [0.1, 0.15) is 0 Å². The number of H-pyrrole nitrogens is 1. The Bertz CT molecular complexity index is 623. The first-order valence-electron chi connectivity index (χ1n) is 7.49. The lowest BCUT2D eigenvalue weighted by Crippen LogP contribution is -2.03. The first kappa shape index (κ1) is 13.9. The van der Waals surface area contributed by atoms with Gasteiger partial charge in [0, 0.05) is 4.83 Å². The van der Waals surface area contributed by atoms with Crippen molar-refractivity contribution >= 4 is 27.0 Å². The second-order valence-corrected chi connectivity index (χ2v) is 6.94. The first-order valence-corrected chi connectivity index (χ1v) is 8.41.